The standard InChI is InChI=1S/C31H45NO4/c1-9-11-12-13-14-15-18-27(36-24(7)35-10-2)26-21-20-25-17-16-19-28(34-8)29(25)30(26)31(33)32(22(3)4)23(5)6/h15-23,27H,7,9-14H2,1-6,8H3/b18-15-/t27-/m1/s1. The van der Waals surface area contributed by atoms with Gasteiger partial charge in [0.05, 0.1) is 19.3 Å². The quantitative estimate of drug-likeness (QED) is 0.142. The van der Waals surface area contributed by atoms with Gasteiger partial charge in [-0.1, -0.05) is 56.5 Å². The molecule has 1 amide bonds. The van der Waals surface area contributed by atoms with Crippen LogP contribution >= 0.6 is 0 Å². The number of carbonyl (C=O) groups excluding carboxylic acids is 1. The second kappa shape index (κ2) is 14.6. The zero-order valence-electron chi connectivity index (χ0n) is 23.3. The summed E-state index contributed by atoms with van der Waals surface area (Å²) in [7, 11) is 1.64. The molecule has 0 aliphatic carbocycles. The third kappa shape index (κ3) is 7.52. The van der Waals surface area contributed by atoms with Crippen LogP contribution in [0.1, 0.15) is 95.7 Å². The Morgan fingerprint density at radius 2 is 1.75 bits per heavy atom. The fraction of sp³-hybridized carbons (Fsp3) is 0.516. The summed E-state index contributed by atoms with van der Waals surface area (Å²) in [5.74, 6) is 0.856. The molecule has 0 saturated carbocycles. The van der Waals surface area contributed by atoms with Gasteiger partial charge in [0.1, 0.15) is 11.9 Å². The van der Waals surface area contributed by atoms with Crippen LogP contribution in [0.5, 0.6) is 5.75 Å². The fourth-order valence-corrected chi connectivity index (χ4v) is 4.65. The number of ether oxygens (including phenoxy) is 3. The normalized spacial score (nSPS) is 12.4. The molecule has 0 aromatic heterocycles. The van der Waals surface area contributed by atoms with Crippen molar-refractivity contribution in [3.63, 3.8) is 0 Å². The number of allylic oxidation sites excluding steroid dienone is 1. The van der Waals surface area contributed by atoms with E-state index in [1.54, 1.807) is 7.11 Å². The Balaban J connectivity index is 2.70. The molecule has 2 aromatic rings. The highest BCUT2D eigenvalue weighted by molar-refractivity contribution is 6.11. The van der Waals surface area contributed by atoms with Gasteiger partial charge >= 0.3 is 0 Å². The Bertz CT molecular complexity index is 1020. The fourth-order valence-electron chi connectivity index (χ4n) is 4.65. The molecule has 0 fully saturated rings. The van der Waals surface area contributed by atoms with Gasteiger partial charge in [0.25, 0.3) is 11.9 Å². The van der Waals surface area contributed by atoms with Crippen molar-refractivity contribution in [2.75, 3.05) is 13.7 Å². The van der Waals surface area contributed by atoms with Gasteiger partial charge in [-0.25, -0.2) is 0 Å². The van der Waals surface area contributed by atoms with Gasteiger partial charge in [0, 0.05) is 23.0 Å². The van der Waals surface area contributed by atoms with Crippen molar-refractivity contribution in [3.05, 3.63) is 66.1 Å². The second-order valence-electron chi connectivity index (χ2n) is 9.61. The lowest BCUT2D eigenvalue weighted by Crippen LogP contribution is -2.42. The molecule has 0 bridgehead atoms. The summed E-state index contributed by atoms with van der Waals surface area (Å²) < 4.78 is 17.5. The third-order valence-corrected chi connectivity index (χ3v) is 6.23. The van der Waals surface area contributed by atoms with E-state index in [4.69, 9.17) is 14.2 Å². The smallest absolute Gasteiger partial charge is 0.272 e. The van der Waals surface area contributed by atoms with E-state index in [1.807, 2.05) is 75.9 Å². The molecule has 36 heavy (non-hydrogen) atoms. The number of carbonyl (C=O) groups is 1. The highest BCUT2D eigenvalue weighted by Crippen LogP contribution is 2.37. The molecule has 2 aromatic carbocycles. The van der Waals surface area contributed by atoms with Crippen molar-refractivity contribution in [3.8, 4) is 5.75 Å². The van der Waals surface area contributed by atoms with Crippen LogP contribution in [-0.4, -0.2) is 36.6 Å². The van der Waals surface area contributed by atoms with Crippen LogP contribution in [0.15, 0.2) is 55.0 Å². The van der Waals surface area contributed by atoms with E-state index in [0.717, 1.165) is 29.2 Å². The van der Waals surface area contributed by atoms with E-state index in [-0.39, 0.29) is 23.9 Å². The zero-order valence-corrected chi connectivity index (χ0v) is 23.3. The monoisotopic (exact) mass is 495 g/mol. The van der Waals surface area contributed by atoms with Gasteiger partial charge in [-0.15, -0.1) is 0 Å². The summed E-state index contributed by atoms with van der Waals surface area (Å²) in [6.45, 7) is 16.7. The van der Waals surface area contributed by atoms with Crippen LogP contribution in [-0.2, 0) is 9.47 Å². The molecule has 198 valence electrons. The Kier molecular flexibility index (Phi) is 11.9. The number of methoxy groups -OCH3 is 1. The van der Waals surface area contributed by atoms with E-state index in [2.05, 4.69) is 19.6 Å². The number of fused-ring (bicyclic) bond motifs is 1. The van der Waals surface area contributed by atoms with Crippen molar-refractivity contribution < 1.29 is 19.0 Å². The van der Waals surface area contributed by atoms with E-state index in [0.29, 0.717) is 17.9 Å². The van der Waals surface area contributed by atoms with Crippen LogP contribution in [0.2, 0.25) is 0 Å². The number of benzene rings is 2. The molecule has 2 rings (SSSR count). The number of nitrogens with zero attached hydrogens (tertiary/aromatic N) is 1. The van der Waals surface area contributed by atoms with E-state index < -0.39 is 6.10 Å². The van der Waals surface area contributed by atoms with Crippen LogP contribution in [0.3, 0.4) is 0 Å². The lowest BCUT2D eigenvalue weighted by atomic mass is 9.92. The maximum Gasteiger partial charge on any atom is 0.272 e. The van der Waals surface area contributed by atoms with Gasteiger partial charge in [-0.3, -0.25) is 4.79 Å². The molecule has 5 heteroatoms. The minimum Gasteiger partial charge on any atom is -0.496 e. The molecule has 0 unspecified atom stereocenters. The Morgan fingerprint density at radius 3 is 2.36 bits per heavy atom. The zero-order chi connectivity index (χ0) is 26.7. The molecule has 0 radical (unpaired) electrons. The van der Waals surface area contributed by atoms with Crippen LogP contribution < -0.4 is 4.74 Å². The first-order valence-corrected chi connectivity index (χ1v) is 13.3. The first kappa shape index (κ1) is 29.3. The van der Waals surface area contributed by atoms with Crippen molar-refractivity contribution in [1.82, 2.24) is 4.90 Å². The predicted octanol–water partition coefficient (Wildman–Crippen LogP) is 8.20. The minimum absolute atomic E-state index is 0.0298. The van der Waals surface area contributed by atoms with Crippen LogP contribution in [0.25, 0.3) is 10.8 Å². The summed E-state index contributed by atoms with van der Waals surface area (Å²) in [6.07, 6.45) is 9.35. The maximum absolute atomic E-state index is 14.2. The molecule has 0 aliphatic heterocycles. The van der Waals surface area contributed by atoms with Crippen molar-refractivity contribution in [2.24, 2.45) is 0 Å². The average Bonchev–Trinajstić information content (AvgIpc) is 2.83. The summed E-state index contributed by atoms with van der Waals surface area (Å²) in [5, 5.41) is 1.74. The summed E-state index contributed by atoms with van der Waals surface area (Å²) >= 11 is 0. The second-order valence-corrected chi connectivity index (χ2v) is 9.61. The number of unbranched alkanes of at least 4 members (excludes halogenated alkanes) is 4. The molecule has 5 nitrogen and oxygen atoms in total. The highest BCUT2D eigenvalue weighted by atomic mass is 16.7. The largest absolute Gasteiger partial charge is 0.496 e. The van der Waals surface area contributed by atoms with Crippen LogP contribution in [0, 0.1) is 0 Å². The SMILES string of the molecule is C=C(OCC)O[C@H](/C=C\CCCCCC)c1ccc2cccc(OC)c2c1C(=O)N(C(C)C)C(C)C. The van der Waals surface area contributed by atoms with E-state index in [1.165, 1.54) is 19.3 Å². The number of amides is 1. The lowest BCUT2D eigenvalue weighted by Gasteiger charge is -2.33. The predicted molar refractivity (Wildman–Crippen MR) is 149 cm³/mol. The topological polar surface area (TPSA) is 48.0 Å². The molecule has 1 atom stereocenters. The third-order valence-electron chi connectivity index (χ3n) is 6.23. The minimum atomic E-state index is -0.523. The number of hydrogen-bond acceptors (Lipinski definition) is 4. The Hall–Kier alpha value is -2.95. The van der Waals surface area contributed by atoms with E-state index >= 15 is 0 Å². The van der Waals surface area contributed by atoms with E-state index in [9.17, 15) is 4.79 Å². The first-order chi connectivity index (χ1) is 17.3. The molecule has 0 heterocycles. The van der Waals surface area contributed by atoms with Gasteiger partial charge < -0.3 is 19.1 Å². The molecular weight excluding hydrogens is 450 g/mol. The number of rotatable bonds is 15. The van der Waals surface area contributed by atoms with Crippen LogP contribution in [0.4, 0.5) is 0 Å². The molecule has 0 N–H and O–H groups in total. The molecule has 0 spiro atoms. The van der Waals surface area contributed by atoms with Gasteiger partial charge in [-0.05, 0) is 71.6 Å². The van der Waals surface area contributed by atoms with Crippen molar-refractivity contribution in [2.45, 2.75) is 91.8 Å². The average molecular weight is 496 g/mol. The summed E-state index contributed by atoms with van der Waals surface area (Å²) in [6, 6.07) is 9.92. The highest BCUT2D eigenvalue weighted by Gasteiger charge is 2.30. The maximum atomic E-state index is 14.2. The Labute approximate surface area is 218 Å². The van der Waals surface area contributed by atoms with Gasteiger partial charge in [0.15, 0.2) is 0 Å². The lowest BCUT2D eigenvalue weighted by molar-refractivity contribution is 0.0147. The van der Waals surface area contributed by atoms with Gasteiger partial charge in [-0.2, -0.15) is 0 Å². The molecule has 0 saturated heterocycles. The first-order valence-electron chi connectivity index (χ1n) is 13.3. The molecule has 0 aliphatic rings. The summed E-state index contributed by atoms with van der Waals surface area (Å²) in [4.78, 5) is 16.1. The van der Waals surface area contributed by atoms with Gasteiger partial charge in [0.2, 0.25) is 0 Å². The van der Waals surface area contributed by atoms with Crippen molar-refractivity contribution >= 4 is 16.7 Å². The van der Waals surface area contributed by atoms with Crippen molar-refractivity contribution in [1.29, 1.82) is 0 Å². The molecular formula is C31H45NO4. The summed E-state index contributed by atoms with van der Waals surface area (Å²) in [5.41, 5.74) is 1.37. The number of hydrogen-bond donors (Lipinski definition) is 0. The Morgan fingerprint density at radius 1 is 1.03 bits per heavy atom.